The molecular weight excluding hydrogens is 207 g/mol. The largest absolute Gasteiger partial charge is 0.415 e. The van der Waals surface area contributed by atoms with Crippen molar-refractivity contribution >= 4 is 5.84 Å². The maximum Gasteiger partial charge on any atom is 0.415 e. The van der Waals surface area contributed by atoms with E-state index >= 15 is 0 Å². The van der Waals surface area contributed by atoms with E-state index in [0.717, 1.165) is 6.20 Å². The quantitative estimate of drug-likeness (QED) is 0.706. The van der Waals surface area contributed by atoms with E-state index in [2.05, 4.69) is 10.3 Å². The Kier molecular flexibility index (Phi) is 3.38. The van der Waals surface area contributed by atoms with Crippen molar-refractivity contribution in [2.75, 3.05) is 0 Å². The minimum Gasteiger partial charge on any atom is -0.371 e. The second-order valence-electron chi connectivity index (χ2n) is 3.77. The van der Waals surface area contributed by atoms with Crippen LogP contribution < -0.4 is 11.1 Å². The molecule has 3 nitrogen and oxygen atoms in total. The van der Waals surface area contributed by atoms with Crippen LogP contribution >= 0.6 is 0 Å². The van der Waals surface area contributed by atoms with Gasteiger partial charge in [-0.3, -0.25) is 0 Å². The Morgan fingerprint density at radius 2 is 2.13 bits per heavy atom. The van der Waals surface area contributed by atoms with Gasteiger partial charge in [0.1, 0.15) is 5.84 Å². The number of nitrogens with zero attached hydrogens (tertiary/aromatic N) is 1. The van der Waals surface area contributed by atoms with Gasteiger partial charge < -0.3 is 11.1 Å². The highest BCUT2D eigenvalue weighted by molar-refractivity contribution is 5.85. The predicted octanol–water partition coefficient (Wildman–Crippen LogP) is 1.56. The van der Waals surface area contributed by atoms with E-state index in [9.17, 15) is 13.2 Å². The van der Waals surface area contributed by atoms with E-state index in [1.807, 2.05) is 13.8 Å². The van der Waals surface area contributed by atoms with E-state index in [1.165, 1.54) is 0 Å². The van der Waals surface area contributed by atoms with Crippen molar-refractivity contribution in [3.8, 4) is 0 Å². The summed E-state index contributed by atoms with van der Waals surface area (Å²) < 4.78 is 37.0. The van der Waals surface area contributed by atoms with Gasteiger partial charge in [-0.15, -0.1) is 0 Å². The first-order chi connectivity index (χ1) is 6.80. The van der Waals surface area contributed by atoms with Gasteiger partial charge in [0.25, 0.3) is 0 Å². The molecule has 0 saturated carbocycles. The average Bonchev–Trinajstić information content (AvgIpc) is 1.99. The smallest absolute Gasteiger partial charge is 0.371 e. The van der Waals surface area contributed by atoms with Crippen LogP contribution in [-0.2, 0) is 0 Å². The Morgan fingerprint density at radius 3 is 2.53 bits per heavy atom. The standard InChI is InChI=1S/C9H14F3N3/c1-5(2)15-8-3-7(13)6(4-14-8)9(10,11)12/h4-5,7H,3,13H2,1-2H3,(H,14,15). The molecule has 15 heavy (non-hydrogen) atoms. The highest BCUT2D eigenvalue weighted by Crippen LogP contribution is 2.30. The van der Waals surface area contributed by atoms with E-state index in [4.69, 9.17) is 5.73 Å². The number of hydrogen-bond acceptors (Lipinski definition) is 3. The van der Waals surface area contributed by atoms with Gasteiger partial charge in [-0.25, -0.2) is 4.99 Å². The summed E-state index contributed by atoms with van der Waals surface area (Å²) >= 11 is 0. The van der Waals surface area contributed by atoms with Crippen LogP contribution in [0.2, 0.25) is 0 Å². The van der Waals surface area contributed by atoms with Crippen LogP contribution in [0.15, 0.2) is 16.8 Å². The number of nitrogens with two attached hydrogens (primary N) is 1. The number of amidine groups is 1. The Balaban J connectivity index is 2.79. The fraction of sp³-hybridized carbons (Fsp3) is 0.667. The lowest BCUT2D eigenvalue weighted by Gasteiger charge is -2.23. The maximum absolute atomic E-state index is 12.3. The van der Waals surface area contributed by atoms with Gasteiger partial charge in [0.05, 0.1) is 5.57 Å². The van der Waals surface area contributed by atoms with Crippen LogP contribution in [0.1, 0.15) is 20.3 Å². The third kappa shape index (κ3) is 3.23. The second kappa shape index (κ2) is 4.22. The summed E-state index contributed by atoms with van der Waals surface area (Å²) in [4.78, 5) is 3.71. The second-order valence-corrected chi connectivity index (χ2v) is 3.77. The lowest BCUT2D eigenvalue weighted by Crippen LogP contribution is -2.41. The van der Waals surface area contributed by atoms with Gasteiger partial charge in [0.2, 0.25) is 0 Å². The SMILES string of the molecule is CC(C)NC1=NC=C(C(F)(F)F)C(N)C1. The minimum atomic E-state index is -4.38. The summed E-state index contributed by atoms with van der Waals surface area (Å²) in [7, 11) is 0. The maximum atomic E-state index is 12.3. The van der Waals surface area contributed by atoms with Gasteiger partial charge >= 0.3 is 6.18 Å². The zero-order chi connectivity index (χ0) is 11.6. The predicted molar refractivity (Wildman–Crippen MR) is 52.4 cm³/mol. The monoisotopic (exact) mass is 221 g/mol. The van der Waals surface area contributed by atoms with Crippen LogP contribution in [0, 0.1) is 0 Å². The highest BCUT2D eigenvalue weighted by atomic mass is 19.4. The highest BCUT2D eigenvalue weighted by Gasteiger charge is 2.39. The molecule has 0 aromatic rings. The van der Waals surface area contributed by atoms with Crippen molar-refractivity contribution in [1.82, 2.24) is 5.32 Å². The molecule has 0 aromatic heterocycles. The van der Waals surface area contributed by atoms with Crippen LogP contribution in [0.4, 0.5) is 13.2 Å². The molecule has 0 amide bonds. The van der Waals surface area contributed by atoms with E-state index in [-0.39, 0.29) is 12.5 Å². The Hall–Kier alpha value is -1.04. The normalized spacial score (nSPS) is 22.5. The number of aliphatic imine (C=N–C) groups is 1. The van der Waals surface area contributed by atoms with E-state index in [1.54, 1.807) is 0 Å². The summed E-state index contributed by atoms with van der Waals surface area (Å²) in [5.41, 5.74) is 4.66. The molecule has 0 aliphatic carbocycles. The Morgan fingerprint density at radius 1 is 1.53 bits per heavy atom. The fourth-order valence-corrected chi connectivity index (χ4v) is 1.33. The molecule has 0 radical (unpaired) electrons. The zero-order valence-corrected chi connectivity index (χ0v) is 8.60. The molecule has 1 heterocycles. The molecule has 1 aliphatic rings. The average molecular weight is 221 g/mol. The topological polar surface area (TPSA) is 50.4 Å². The van der Waals surface area contributed by atoms with E-state index < -0.39 is 17.8 Å². The summed E-state index contributed by atoms with van der Waals surface area (Å²) in [6, 6.07) is -0.888. The van der Waals surface area contributed by atoms with Crippen LogP contribution in [-0.4, -0.2) is 24.1 Å². The first-order valence-electron chi connectivity index (χ1n) is 4.66. The summed E-state index contributed by atoms with van der Waals surface area (Å²) in [6.45, 7) is 3.77. The van der Waals surface area contributed by atoms with Crippen LogP contribution in [0.5, 0.6) is 0 Å². The van der Waals surface area contributed by atoms with Gasteiger partial charge in [0.15, 0.2) is 0 Å². The Labute approximate surface area is 86.2 Å². The molecule has 1 unspecified atom stereocenters. The third-order valence-electron chi connectivity index (χ3n) is 1.95. The van der Waals surface area contributed by atoms with Crippen molar-refractivity contribution in [3.63, 3.8) is 0 Å². The Bertz CT molecular complexity index is 291. The summed E-state index contributed by atoms with van der Waals surface area (Å²) in [5.74, 6) is 0.505. The molecule has 86 valence electrons. The van der Waals surface area contributed by atoms with Gasteiger partial charge in [0, 0.05) is 24.7 Å². The summed E-state index contributed by atoms with van der Waals surface area (Å²) in [5, 5.41) is 2.94. The van der Waals surface area contributed by atoms with Crippen molar-refractivity contribution in [3.05, 3.63) is 11.8 Å². The number of rotatable bonds is 1. The summed E-state index contributed by atoms with van der Waals surface area (Å²) in [6.07, 6.45) is -3.48. The zero-order valence-electron chi connectivity index (χ0n) is 8.60. The molecule has 0 saturated heterocycles. The van der Waals surface area contributed by atoms with Crippen molar-refractivity contribution in [2.24, 2.45) is 10.7 Å². The first kappa shape index (κ1) is 12.0. The van der Waals surface area contributed by atoms with Crippen molar-refractivity contribution in [1.29, 1.82) is 0 Å². The van der Waals surface area contributed by atoms with Crippen molar-refractivity contribution < 1.29 is 13.2 Å². The molecular formula is C9H14F3N3. The molecule has 0 spiro atoms. The first-order valence-corrected chi connectivity index (χ1v) is 4.66. The van der Waals surface area contributed by atoms with Crippen molar-refractivity contribution in [2.45, 2.75) is 38.5 Å². The van der Waals surface area contributed by atoms with Gasteiger partial charge in [-0.1, -0.05) is 0 Å². The number of hydrogen-bond donors (Lipinski definition) is 2. The van der Waals surface area contributed by atoms with Gasteiger partial charge in [-0.05, 0) is 13.8 Å². The molecule has 0 fully saturated rings. The number of alkyl halides is 3. The molecule has 3 N–H and O–H groups in total. The molecule has 6 heteroatoms. The molecule has 1 rings (SSSR count). The van der Waals surface area contributed by atoms with Gasteiger partial charge in [-0.2, -0.15) is 13.2 Å². The molecule has 1 atom stereocenters. The fourth-order valence-electron chi connectivity index (χ4n) is 1.33. The lowest BCUT2D eigenvalue weighted by atomic mass is 10.0. The molecule has 0 bridgehead atoms. The molecule has 1 aliphatic heterocycles. The van der Waals surface area contributed by atoms with Crippen LogP contribution in [0.25, 0.3) is 0 Å². The minimum absolute atomic E-state index is 0.101. The number of halogens is 3. The lowest BCUT2D eigenvalue weighted by molar-refractivity contribution is -0.0957. The van der Waals surface area contributed by atoms with E-state index in [0.29, 0.717) is 5.84 Å². The van der Waals surface area contributed by atoms with Crippen LogP contribution in [0.3, 0.4) is 0 Å². The number of nitrogens with one attached hydrogen (secondary N) is 1. The third-order valence-corrected chi connectivity index (χ3v) is 1.95. The molecule has 0 aromatic carbocycles.